The Kier molecular flexibility index (Phi) is 24.2. The summed E-state index contributed by atoms with van der Waals surface area (Å²) in [5, 5.41) is 119. The molecule has 5 rings (SSSR count). The van der Waals surface area contributed by atoms with Gasteiger partial charge in [0.2, 0.25) is 17.7 Å². The number of carbonyl (C=O) groups excluding carboxylic acids is 4. The topological polar surface area (TPSA) is 393 Å². The number of amides is 4. The predicted molar refractivity (Wildman–Crippen MR) is 253 cm³/mol. The van der Waals surface area contributed by atoms with E-state index in [0.29, 0.717) is 12.4 Å². The maximum atomic E-state index is 13.8. The number of allylic oxidation sites excluding steroid dienone is 2. The SMILES string of the molecule is CCCCCC/C=C\CCCOc1cccc(C(=O)N[C@H]2C(O)[C@H](O)C(CO)O[C@H]2O[C@H]2C(O)C(NC(C)=O)[C@H](O[C@@H]3C(CO)O[C@@H](O[C@H]4C(O)C(NC(C)=O)C(O)O[C@H]4CO)[C@@H](NC(C)=O)C3O)O[C@H]2CO)c1. The van der Waals surface area contributed by atoms with Gasteiger partial charge in [0.05, 0.1) is 33.0 Å². The van der Waals surface area contributed by atoms with Crippen LogP contribution in [0.4, 0.5) is 0 Å². The van der Waals surface area contributed by atoms with Crippen molar-refractivity contribution in [3.63, 3.8) is 0 Å². The Labute approximate surface area is 428 Å². The molecule has 0 bridgehead atoms. The first-order valence-corrected chi connectivity index (χ1v) is 25.0. The van der Waals surface area contributed by atoms with Crippen LogP contribution in [0.1, 0.15) is 83.0 Å². The molecule has 74 heavy (non-hydrogen) atoms. The average molecular weight is 1060 g/mol. The van der Waals surface area contributed by atoms with Crippen molar-refractivity contribution in [2.75, 3.05) is 33.0 Å². The third-order valence-electron chi connectivity index (χ3n) is 13.0. The van der Waals surface area contributed by atoms with E-state index in [9.17, 15) is 70.2 Å². The summed E-state index contributed by atoms with van der Waals surface area (Å²) >= 11 is 0. The van der Waals surface area contributed by atoms with Crippen molar-refractivity contribution in [3.8, 4) is 5.75 Å². The van der Waals surface area contributed by atoms with E-state index in [-0.39, 0.29) is 5.56 Å². The fraction of sp³-hybridized carbons (Fsp3) is 0.750. The summed E-state index contributed by atoms with van der Waals surface area (Å²) in [6, 6.07) is -0.191. The van der Waals surface area contributed by atoms with E-state index < -0.39 is 173 Å². The van der Waals surface area contributed by atoms with Gasteiger partial charge >= 0.3 is 0 Å². The first-order chi connectivity index (χ1) is 35.4. The Morgan fingerprint density at radius 3 is 1.47 bits per heavy atom. The summed E-state index contributed by atoms with van der Waals surface area (Å²) < 4.78 is 47.4. The molecule has 4 aliphatic heterocycles. The number of aliphatic hydroxyl groups is 10. The molecular weight excluding hydrogens is 985 g/mol. The molecule has 0 spiro atoms. The lowest BCUT2D eigenvalue weighted by atomic mass is 9.93. The molecule has 20 atom stereocenters. The third kappa shape index (κ3) is 16.0. The summed E-state index contributed by atoms with van der Waals surface area (Å²) in [4.78, 5) is 50.9. The van der Waals surface area contributed by atoms with Crippen LogP contribution in [0, 0.1) is 0 Å². The van der Waals surface area contributed by atoms with Gasteiger partial charge in [0.1, 0.15) is 103 Å². The van der Waals surface area contributed by atoms with Gasteiger partial charge in [0, 0.05) is 26.3 Å². The monoisotopic (exact) mass is 1060 g/mol. The van der Waals surface area contributed by atoms with Crippen molar-refractivity contribution >= 4 is 23.6 Å². The molecule has 0 aromatic heterocycles. The molecule has 26 nitrogen and oxygen atoms in total. The van der Waals surface area contributed by atoms with E-state index in [1.807, 2.05) is 0 Å². The second kappa shape index (κ2) is 29.5. The highest BCUT2D eigenvalue weighted by atomic mass is 16.8. The fourth-order valence-electron chi connectivity index (χ4n) is 9.21. The predicted octanol–water partition coefficient (Wildman–Crippen LogP) is -4.19. The molecule has 4 amide bonds. The fourth-order valence-corrected chi connectivity index (χ4v) is 9.21. The van der Waals surface area contributed by atoms with Crippen LogP contribution in [0.2, 0.25) is 0 Å². The van der Waals surface area contributed by atoms with Gasteiger partial charge in [-0.15, -0.1) is 0 Å². The number of rotatable bonds is 25. The molecular formula is C48H76N4O22. The number of hydrogen-bond acceptors (Lipinski definition) is 22. The average Bonchev–Trinajstić information content (AvgIpc) is 3.36. The van der Waals surface area contributed by atoms with Crippen LogP contribution in [0.3, 0.4) is 0 Å². The van der Waals surface area contributed by atoms with Crippen LogP contribution in [0.15, 0.2) is 36.4 Å². The lowest BCUT2D eigenvalue weighted by Gasteiger charge is -2.51. The van der Waals surface area contributed by atoms with E-state index >= 15 is 0 Å². The molecule has 0 radical (unpaired) electrons. The Balaban J connectivity index is 1.32. The highest BCUT2D eigenvalue weighted by Crippen LogP contribution is 2.35. The summed E-state index contributed by atoms with van der Waals surface area (Å²) in [5.74, 6) is -2.58. The van der Waals surface area contributed by atoms with Gasteiger partial charge in [-0.1, -0.05) is 44.4 Å². The number of benzene rings is 1. The van der Waals surface area contributed by atoms with E-state index in [0.717, 1.165) is 46.5 Å². The maximum absolute atomic E-state index is 13.8. The van der Waals surface area contributed by atoms with Crippen LogP contribution < -0.4 is 26.0 Å². The van der Waals surface area contributed by atoms with Crippen LogP contribution >= 0.6 is 0 Å². The Morgan fingerprint density at radius 1 is 0.541 bits per heavy atom. The van der Waals surface area contributed by atoms with E-state index in [1.165, 1.54) is 31.4 Å². The van der Waals surface area contributed by atoms with Crippen LogP contribution in [-0.4, -0.2) is 230 Å². The normalized spacial score (nSPS) is 36.5. The lowest BCUT2D eigenvalue weighted by Crippen LogP contribution is -2.71. The molecule has 4 aliphatic rings. The number of ether oxygens (including phenoxy) is 8. The third-order valence-corrected chi connectivity index (χ3v) is 13.0. The molecule has 1 aromatic rings. The maximum Gasteiger partial charge on any atom is 0.251 e. The van der Waals surface area contributed by atoms with Crippen LogP contribution in [0.5, 0.6) is 5.75 Å². The van der Waals surface area contributed by atoms with E-state index in [4.69, 9.17) is 37.9 Å². The first-order valence-electron chi connectivity index (χ1n) is 25.0. The van der Waals surface area contributed by atoms with Crippen molar-refractivity contribution in [3.05, 3.63) is 42.0 Å². The summed E-state index contributed by atoms with van der Waals surface area (Å²) in [6.45, 7) is 2.23. The van der Waals surface area contributed by atoms with Gasteiger partial charge in [0.25, 0.3) is 5.91 Å². The minimum atomic E-state index is -1.94. The standard InChI is InChI=1S/C48H76N4O22/c1-5-6-7-8-9-10-11-12-13-17-67-27-16-14-15-26(18-27)44(65)52-33-37(61)36(60)28(19-53)69-46(33)73-42-30(21-55)71-48(35(39(42)63)51-25(4)59)74-43-31(22-56)70-47(34(40(43)64)50-24(3)58)72-41-29(20-54)68-45(66)32(38(41)62)49-23(2)57/h10-11,14-16,18,28-43,45-48,53-56,60-64,66H,5-9,12-13,17,19-22H2,1-4H3,(H,49,57)(H,50,58)(H,51,59)(H,52,65)/b11-10-/t28?,29-,30-,31?,32?,33-,34-,35?,36+,37?,38?,39?,40?,41+,42+,43+,45?,46-,47-,48-/m0/s1. The van der Waals surface area contributed by atoms with Crippen molar-refractivity contribution in [2.24, 2.45) is 0 Å². The second-order valence-corrected chi connectivity index (χ2v) is 18.7. The van der Waals surface area contributed by atoms with Gasteiger partial charge < -0.3 is 110 Å². The molecule has 4 saturated heterocycles. The Morgan fingerprint density at radius 2 is 0.986 bits per heavy atom. The number of aliphatic hydroxyl groups excluding tert-OH is 10. The van der Waals surface area contributed by atoms with Gasteiger partial charge in [-0.05, 0) is 43.9 Å². The molecule has 9 unspecified atom stereocenters. The number of carbonyl (C=O) groups is 4. The zero-order valence-corrected chi connectivity index (χ0v) is 41.9. The number of unbranched alkanes of at least 4 members (excludes halogenated alkanes) is 5. The number of hydrogen-bond donors (Lipinski definition) is 14. The molecule has 14 N–H and O–H groups in total. The molecule has 26 heteroatoms. The Bertz CT molecular complexity index is 1960. The Hall–Kier alpha value is -4.04. The highest BCUT2D eigenvalue weighted by molar-refractivity contribution is 5.94. The molecule has 4 fully saturated rings. The minimum absolute atomic E-state index is 0.0817. The summed E-state index contributed by atoms with van der Waals surface area (Å²) in [5.41, 5.74) is 0.0817. The minimum Gasteiger partial charge on any atom is -0.494 e. The molecule has 420 valence electrons. The van der Waals surface area contributed by atoms with Crippen molar-refractivity contribution in [1.82, 2.24) is 21.3 Å². The van der Waals surface area contributed by atoms with Crippen LogP contribution in [-0.2, 0) is 47.5 Å². The van der Waals surface area contributed by atoms with E-state index in [1.54, 1.807) is 12.1 Å². The zero-order chi connectivity index (χ0) is 54.2. The molecule has 0 aliphatic carbocycles. The van der Waals surface area contributed by atoms with E-state index in [2.05, 4.69) is 40.3 Å². The molecule has 4 heterocycles. The van der Waals surface area contributed by atoms with Crippen molar-refractivity contribution in [1.29, 1.82) is 0 Å². The summed E-state index contributed by atoms with van der Waals surface area (Å²) in [6.07, 6.45) is -16.1. The molecule has 1 aromatic carbocycles. The quantitative estimate of drug-likeness (QED) is 0.0326. The zero-order valence-electron chi connectivity index (χ0n) is 41.9. The van der Waals surface area contributed by atoms with Crippen LogP contribution in [0.25, 0.3) is 0 Å². The van der Waals surface area contributed by atoms with Crippen molar-refractivity contribution < 1.29 is 108 Å². The highest BCUT2D eigenvalue weighted by Gasteiger charge is 2.56. The van der Waals surface area contributed by atoms with Crippen molar-refractivity contribution in [2.45, 2.75) is 195 Å². The summed E-state index contributed by atoms with van der Waals surface area (Å²) in [7, 11) is 0. The van der Waals surface area contributed by atoms with Gasteiger partial charge in [-0.25, -0.2) is 0 Å². The smallest absolute Gasteiger partial charge is 0.251 e. The largest absolute Gasteiger partial charge is 0.494 e. The molecule has 0 saturated carbocycles. The second-order valence-electron chi connectivity index (χ2n) is 18.7. The number of nitrogens with one attached hydrogen (secondary N) is 4. The van der Waals surface area contributed by atoms with Gasteiger partial charge in [-0.3, -0.25) is 19.2 Å². The lowest BCUT2D eigenvalue weighted by molar-refractivity contribution is -0.361. The van der Waals surface area contributed by atoms with Gasteiger partial charge in [0.15, 0.2) is 25.2 Å². The van der Waals surface area contributed by atoms with Gasteiger partial charge in [-0.2, -0.15) is 0 Å². The first kappa shape index (κ1) is 60.8.